The Labute approximate surface area is 132 Å². The number of rotatable bonds is 5. The van der Waals surface area contributed by atoms with Crippen LogP contribution in [0.5, 0.6) is 0 Å². The molecule has 2 N–H and O–H groups in total. The third kappa shape index (κ3) is 4.20. The molecule has 2 unspecified atom stereocenters. The summed E-state index contributed by atoms with van der Waals surface area (Å²) in [4.78, 5) is 5.36. The second-order valence-electron chi connectivity index (χ2n) is 7.63. The van der Waals surface area contributed by atoms with Crippen LogP contribution < -0.4 is 5.73 Å². The van der Waals surface area contributed by atoms with Crippen LogP contribution in [0.25, 0.3) is 0 Å². The van der Waals surface area contributed by atoms with Gasteiger partial charge in [0.05, 0.1) is 0 Å². The maximum atomic E-state index is 6.30. The number of nitrogens with zero attached hydrogens (tertiary/aromatic N) is 2. The van der Waals surface area contributed by atoms with E-state index in [1.165, 1.54) is 71.1 Å². The molecule has 2 atom stereocenters. The first-order chi connectivity index (χ1) is 10.1. The summed E-state index contributed by atoms with van der Waals surface area (Å²) in [5.74, 6) is 0.959. The molecule has 2 rings (SSSR count). The Morgan fingerprint density at radius 3 is 2.38 bits per heavy atom. The highest BCUT2D eigenvalue weighted by molar-refractivity contribution is 4.96. The maximum absolute atomic E-state index is 6.30. The topological polar surface area (TPSA) is 32.5 Å². The molecule has 0 aromatic heterocycles. The number of nitrogens with two attached hydrogens (primary N) is 1. The molecule has 0 amide bonds. The van der Waals surface area contributed by atoms with E-state index >= 15 is 0 Å². The Morgan fingerprint density at radius 2 is 1.81 bits per heavy atom. The van der Waals surface area contributed by atoms with Crippen LogP contribution in [-0.2, 0) is 0 Å². The van der Waals surface area contributed by atoms with Gasteiger partial charge in [-0.15, -0.1) is 0 Å². The standard InChI is InChI=1S/C18H37N3/c1-4-6-17-7-5-9-18(15-19,10-8-17)21-13-11-20(12-14-21)16(2)3/h16-17H,4-15,19H2,1-3H3. The highest BCUT2D eigenvalue weighted by atomic mass is 15.3. The molecule has 0 aromatic carbocycles. The van der Waals surface area contributed by atoms with Crippen molar-refractivity contribution in [3.63, 3.8) is 0 Å². The van der Waals surface area contributed by atoms with Crippen LogP contribution in [0, 0.1) is 5.92 Å². The minimum absolute atomic E-state index is 0.311. The van der Waals surface area contributed by atoms with E-state index in [-0.39, 0.29) is 0 Å². The molecular formula is C18H37N3. The smallest absolute Gasteiger partial charge is 0.0332 e. The Balaban J connectivity index is 1.95. The molecule has 1 heterocycles. The fraction of sp³-hybridized carbons (Fsp3) is 1.00. The van der Waals surface area contributed by atoms with Crippen LogP contribution in [0.2, 0.25) is 0 Å². The van der Waals surface area contributed by atoms with Crippen molar-refractivity contribution >= 4 is 0 Å². The lowest BCUT2D eigenvalue weighted by atomic mass is 9.86. The maximum Gasteiger partial charge on any atom is 0.0332 e. The first-order valence-corrected chi connectivity index (χ1v) is 9.30. The second kappa shape index (κ2) is 7.94. The molecule has 0 aromatic rings. The van der Waals surface area contributed by atoms with Crippen LogP contribution in [0.15, 0.2) is 0 Å². The van der Waals surface area contributed by atoms with E-state index < -0.39 is 0 Å². The van der Waals surface area contributed by atoms with E-state index in [2.05, 4.69) is 30.6 Å². The summed E-state index contributed by atoms with van der Waals surface area (Å²) in [6.07, 6.45) is 9.62. The first-order valence-electron chi connectivity index (χ1n) is 9.30. The zero-order valence-electron chi connectivity index (χ0n) is 14.6. The van der Waals surface area contributed by atoms with Gasteiger partial charge < -0.3 is 5.73 Å². The summed E-state index contributed by atoms with van der Waals surface area (Å²) < 4.78 is 0. The number of piperazine rings is 1. The minimum Gasteiger partial charge on any atom is -0.329 e. The van der Waals surface area contributed by atoms with E-state index in [1.54, 1.807) is 0 Å². The van der Waals surface area contributed by atoms with Crippen molar-refractivity contribution in [2.45, 2.75) is 77.3 Å². The second-order valence-corrected chi connectivity index (χ2v) is 7.63. The molecule has 1 saturated carbocycles. The third-order valence-electron chi connectivity index (χ3n) is 6.06. The van der Waals surface area contributed by atoms with Gasteiger partial charge in [0.2, 0.25) is 0 Å². The molecule has 0 spiro atoms. The van der Waals surface area contributed by atoms with Gasteiger partial charge in [0.15, 0.2) is 0 Å². The van der Waals surface area contributed by atoms with Gasteiger partial charge in [-0.25, -0.2) is 0 Å². The van der Waals surface area contributed by atoms with Crippen molar-refractivity contribution in [1.82, 2.24) is 9.80 Å². The lowest BCUT2D eigenvalue weighted by Crippen LogP contribution is -2.60. The lowest BCUT2D eigenvalue weighted by molar-refractivity contribution is 0.0165. The van der Waals surface area contributed by atoms with Gasteiger partial charge >= 0.3 is 0 Å². The third-order valence-corrected chi connectivity index (χ3v) is 6.06. The molecule has 1 aliphatic carbocycles. The van der Waals surface area contributed by atoms with Crippen LogP contribution in [0.3, 0.4) is 0 Å². The summed E-state index contributed by atoms with van der Waals surface area (Å²) in [5, 5.41) is 0. The molecule has 0 bridgehead atoms. The summed E-state index contributed by atoms with van der Waals surface area (Å²) in [7, 11) is 0. The summed E-state index contributed by atoms with van der Waals surface area (Å²) in [5.41, 5.74) is 6.61. The monoisotopic (exact) mass is 295 g/mol. The number of hydrogen-bond acceptors (Lipinski definition) is 3. The van der Waals surface area contributed by atoms with Gasteiger partial charge in [-0.1, -0.05) is 32.6 Å². The molecule has 3 heteroatoms. The molecule has 1 saturated heterocycles. The molecule has 2 aliphatic rings. The van der Waals surface area contributed by atoms with Gasteiger partial charge in [-0.2, -0.15) is 0 Å². The van der Waals surface area contributed by atoms with Crippen LogP contribution in [0.1, 0.15) is 65.7 Å². The largest absolute Gasteiger partial charge is 0.329 e. The summed E-state index contributed by atoms with van der Waals surface area (Å²) >= 11 is 0. The van der Waals surface area contributed by atoms with Gasteiger partial charge in [-0.05, 0) is 39.0 Å². The van der Waals surface area contributed by atoms with Crippen molar-refractivity contribution in [1.29, 1.82) is 0 Å². The molecule has 124 valence electrons. The van der Waals surface area contributed by atoms with E-state index in [9.17, 15) is 0 Å². The quantitative estimate of drug-likeness (QED) is 0.791. The predicted octanol–water partition coefficient (Wildman–Crippen LogP) is 3.09. The van der Waals surface area contributed by atoms with Gasteiger partial charge in [0.25, 0.3) is 0 Å². The SMILES string of the molecule is CCCC1CCCC(CN)(N2CCN(C(C)C)CC2)CC1. The number of hydrogen-bond donors (Lipinski definition) is 1. The fourth-order valence-corrected chi connectivity index (χ4v) is 4.52. The Kier molecular flexibility index (Phi) is 6.51. The zero-order chi connectivity index (χ0) is 15.3. The van der Waals surface area contributed by atoms with Crippen molar-refractivity contribution in [3.05, 3.63) is 0 Å². The summed E-state index contributed by atoms with van der Waals surface area (Å²) in [6, 6.07) is 0.684. The normalized spacial score (nSPS) is 33.3. The molecule has 0 radical (unpaired) electrons. The molecule has 3 nitrogen and oxygen atoms in total. The van der Waals surface area contributed by atoms with Crippen LogP contribution in [0.4, 0.5) is 0 Å². The molecule has 1 aliphatic heterocycles. The average Bonchev–Trinajstić information content (AvgIpc) is 2.71. The highest BCUT2D eigenvalue weighted by Gasteiger charge is 2.38. The van der Waals surface area contributed by atoms with Crippen LogP contribution >= 0.6 is 0 Å². The Morgan fingerprint density at radius 1 is 1.10 bits per heavy atom. The zero-order valence-corrected chi connectivity index (χ0v) is 14.6. The van der Waals surface area contributed by atoms with Crippen molar-refractivity contribution < 1.29 is 0 Å². The molecule has 2 fully saturated rings. The van der Waals surface area contributed by atoms with E-state index in [0.29, 0.717) is 11.6 Å². The highest BCUT2D eigenvalue weighted by Crippen LogP contribution is 2.36. The molecule has 21 heavy (non-hydrogen) atoms. The first kappa shape index (κ1) is 17.2. The molecular weight excluding hydrogens is 258 g/mol. The fourth-order valence-electron chi connectivity index (χ4n) is 4.52. The Bertz CT molecular complexity index is 297. The van der Waals surface area contributed by atoms with Gasteiger partial charge in [0.1, 0.15) is 0 Å². The Hall–Kier alpha value is -0.120. The summed E-state index contributed by atoms with van der Waals surface area (Å²) in [6.45, 7) is 12.7. The van der Waals surface area contributed by atoms with E-state index in [1.807, 2.05) is 0 Å². The van der Waals surface area contributed by atoms with Gasteiger partial charge in [-0.3, -0.25) is 9.80 Å². The predicted molar refractivity (Wildman–Crippen MR) is 91.6 cm³/mol. The van der Waals surface area contributed by atoms with Crippen molar-refractivity contribution in [2.24, 2.45) is 11.7 Å². The van der Waals surface area contributed by atoms with Crippen molar-refractivity contribution in [3.8, 4) is 0 Å². The van der Waals surface area contributed by atoms with Gasteiger partial charge in [0, 0.05) is 44.3 Å². The van der Waals surface area contributed by atoms with Crippen molar-refractivity contribution in [2.75, 3.05) is 32.7 Å². The van der Waals surface area contributed by atoms with E-state index in [4.69, 9.17) is 5.73 Å². The average molecular weight is 296 g/mol. The van der Waals surface area contributed by atoms with E-state index in [0.717, 1.165) is 12.5 Å². The van der Waals surface area contributed by atoms with Crippen LogP contribution in [-0.4, -0.2) is 54.1 Å². The lowest BCUT2D eigenvalue weighted by Gasteiger charge is -2.48. The minimum atomic E-state index is 0.311.